The molecular weight excluding hydrogens is 332 g/mol. The van der Waals surface area contributed by atoms with E-state index in [0.29, 0.717) is 40.6 Å². The number of benzene rings is 2. The number of aryl methyl sites for hydroxylation is 1. The van der Waals surface area contributed by atoms with Crippen molar-refractivity contribution in [2.45, 2.75) is 12.8 Å². The smallest absolute Gasteiger partial charge is 0.344 e. The summed E-state index contributed by atoms with van der Waals surface area (Å²) >= 11 is 5.78. The number of carbonyl (C=O) groups is 1. The maximum absolute atomic E-state index is 12.4. The number of methoxy groups -OCH3 is 1. The van der Waals surface area contributed by atoms with Gasteiger partial charge in [-0.05, 0) is 25.0 Å². The number of hydrogen-bond acceptors (Lipinski definition) is 5. The SMILES string of the molecule is COC(=O)c1cc2c(=O)oc3ccccc3c2c(CCCCl)c1O. The topological polar surface area (TPSA) is 76.7 Å². The lowest BCUT2D eigenvalue weighted by atomic mass is 9.95. The molecule has 6 heteroatoms. The fraction of sp³-hybridized carbons (Fsp3) is 0.222. The lowest BCUT2D eigenvalue weighted by Crippen LogP contribution is -2.08. The Hall–Kier alpha value is -2.53. The molecule has 0 aliphatic heterocycles. The summed E-state index contributed by atoms with van der Waals surface area (Å²) in [5.41, 5.74) is 0.295. The normalized spacial score (nSPS) is 11.1. The van der Waals surface area contributed by atoms with E-state index in [1.807, 2.05) is 12.1 Å². The highest BCUT2D eigenvalue weighted by molar-refractivity contribution is 6.17. The number of halogens is 1. The van der Waals surface area contributed by atoms with Crippen LogP contribution in [0.1, 0.15) is 22.3 Å². The van der Waals surface area contributed by atoms with Crippen LogP contribution in [0, 0.1) is 0 Å². The Morgan fingerprint density at radius 2 is 2.04 bits per heavy atom. The number of rotatable bonds is 4. The van der Waals surface area contributed by atoms with Crippen LogP contribution in [0.2, 0.25) is 0 Å². The Balaban J connectivity index is 2.49. The fourth-order valence-electron chi connectivity index (χ4n) is 2.87. The van der Waals surface area contributed by atoms with Crippen LogP contribution in [0.15, 0.2) is 39.5 Å². The number of phenols is 1. The van der Waals surface area contributed by atoms with Crippen LogP contribution >= 0.6 is 11.6 Å². The molecule has 1 heterocycles. The number of hydrogen-bond donors (Lipinski definition) is 1. The molecule has 1 N–H and O–H groups in total. The van der Waals surface area contributed by atoms with Crippen LogP contribution in [0.5, 0.6) is 5.75 Å². The second-order valence-corrected chi connectivity index (χ2v) is 5.72. The highest BCUT2D eigenvalue weighted by atomic mass is 35.5. The van der Waals surface area contributed by atoms with Crippen LogP contribution in [0.4, 0.5) is 0 Å². The molecule has 1 aromatic heterocycles. The van der Waals surface area contributed by atoms with Crippen LogP contribution in [0.3, 0.4) is 0 Å². The molecule has 0 bridgehead atoms. The Kier molecular flexibility index (Phi) is 4.44. The maximum Gasteiger partial charge on any atom is 0.344 e. The van der Waals surface area contributed by atoms with E-state index in [1.54, 1.807) is 12.1 Å². The average Bonchev–Trinajstić information content (AvgIpc) is 2.60. The monoisotopic (exact) mass is 346 g/mol. The lowest BCUT2D eigenvalue weighted by molar-refractivity contribution is 0.0597. The van der Waals surface area contributed by atoms with Crippen molar-refractivity contribution in [2.24, 2.45) is 0 Å². The Labute approximate surface area is 142 Å². The molecular formula is C18H15ClO5. The van der Waals surface area contributed by atoms with E-state index in [1.165, 1.54) is 13.2 Å². The molecule has 0 spiro atoms. The highest BCUT2D eigenvalue weighted by Crippen LogP contribution is 2.35. The zero-order valence-electron chi connectivity index (χ0n) is 13.0. The summed E-state index contributed by atoms with van der Waals surface area (Å²) in [6.07, 6.45) is 1.01. The Morgan fingerprint density at radius 3 is 2.75 bits per heavy atom. The molecule has 0 saturated heterocycles. The minimum absolute atomic E-state index is 0.0582. The summed E-state index contributed by atoms with van der Waals surface area (Å²) in [5, 5.41) is 12.1. The molecule has 0 amide bonds. The first-order chi connectivity index (χ1) is 11.6. The molecule has 0 unspecified atom stereocenters. The minimum atomic E-state index is -0.714. The molecule has 2 aromatic carbocycles. The van der Waals surface area contributed by atoms with Gasteiger partial charge in [0, 0.05) is 22.2 Å². The van der Waals surface area contributed by atoms with Gasteiger partial charge in [0.15, 0.2) is 0 Å². The lowest BCUT2D eigenvalue weighted by Gasteiger charge is -2.13. The first-order valence-electron chi connectivity index (χ1n) is 7.43. The summed E-state index contributed by atoms with van der Waals surface area (Å²) in [7, 11) is 1.22. The van der Waals surface area contributed by atoms with Crippen molar-refractivity contribution in [2.75, 3.05) is 13.0 Å². The van der Waals surface area contributed by atoms with Crippen LogP contribution in [-0.4, -0.2) is 24.1 Å². The van der Waals surface area contributed by atoms with Crippen molar-refractivity contribution in [3.05, 3.63) is 51.9 Å². The maximum atomic E-state index is 12.4. The number of alkyl halides is 1. The number of carbonyl (C=O) groups excluding carboxylic acids is 1. The Bertz CT molecular complexity index is 990. The number of aromatic hydroxyl groups is 1. The molecule has 0 radical (unpaired) electrons. The van der Waals surface area contributed by atoms with E-state index in [9.17, 15) is 14.7 Å². The standard InChI is InChI=1S/C18H15ClO5/c1-23-17(21)13-9-12-15(11(16(13)20)6-4-8-19)10-5-2-3-7-14(10)24-18(12)22/h2-3,5,7,9,20H,4,6,8H2,1H3. The van der Waals surface area contributed by atoms with Crippen molar-refractivity contribution < 1.29 is 19.1 Å². The molecule has 0 aliphatic carbocycles. The predicted octanol–water partition coefficient (Wildman–Crippen LogP) is 3.61. The van der Waals surface area contributed by atoms with Gasteiger partial charge in [-0.1, -0.05) is 18.2 Å². The molecule has 124 valence electrons. The Morgan fingerprint density at radius 1 is 1.29 bits per heavy atom. The second kappa shape index (κ2) is 6.53. The van der Waals surface area contributed by atoms with Gasteiger partial charge in [0.1, 0.15) is 16.9 Å². The molecule has 3 aromatic rings. The van der Waals surface area contributed by atoms with E-state index in [4.69, 9.17) is 20.8 Å². The van der Waals surface area contributed by atoms with Crippen molar-refractivity contribution in [1.82, 2.24) is 0 Å². The van der Waals surface area contributed by atoms with Crippen molar-refractivity contribution >= 4 is 39.3 Å². The molecule has 0 atom stereocenters. The summed E-state index contributed by atoms with van der Waals surface area (Å²) < 4.78 is 10.0. The van der Waals surface area contributed by atoms with E-state index >= 15 is 0 Å². The first-order valence-corrected chi connectivity index (χ1v) is 7.96. The third-order valence-electron chi connectivity index (χ3n) is 3.95. The molecule has 0 saturated carbocycles. The van der Waals surface area contributed by atoms with Gasteiger partial charge in [-0.25, -0.2) is 9.59 Å². The van der Waals surface area contributed by atoms with Crippen LogP contribution in [-0.2, 0) is 11.2 Å². The van der Waals surface area contributed by atoms with E-state index in [-0.39, 0.29) is 16.7 Å². The van der Waals surface area contributed by atoms with Gasteiger partial charge in [0.2, 0.25) is 0 Å². The van der Waals surface area contributed by atoms with E-state index in [2.05, 4.69) is 0 Å². The zero-order valence-corrected chi connectivity index (χ0v) is 13.7. The first kappa shape index (κ1) is 16.3. The summed E-state index contributed by atoms with van der Waals surface area (Å²) in [5.74, 6) is -0.507. The average molecular weight is 347 g/mol. The third-order valence-corrected chi connectivity index (χ3v) is 4.21. The second-order valence-electron chi connectivity index (χ2n) is 5.34. The highest BCUT2D eigenvalue weighted by Gasteiger charge is 2.22. The quantitative estimate of drug-likeness (QED) is 0.338. The summed E-state index contributed by atoms with van der Waals surface area (Å²) in [6.45, 7) is 0. The van der Waals surface area contributed by atoms with Gasteiger partial charge >= 0.3 is 11.6 Å². The third kappa shape index (κ3) is 2.61. The largest absolute Gasteiger partial charge is 0.507 e. The van der Waals surface area contributed by atoms with Crippen molar-refractivity contribution in [3.63, 3.8) is 0 Å². The van der Waals surface area contributed by atoms with Gasteiger partial charge in [0.05, 0.1) is 12.5 Å². The van der Waals surface area contributed by atoms with E-state index < -0.39 is 11.6 Å². The molecule has 0 aliphatic rings. The predicted molar refractivity (Wildman–Crippen MR) is 92.0 cm³/mol. The van der Waals surface area contributed by atoms with Gasteiger partial charge in [-0.3, -0.25) is 0 Å². The summed E-state index contributed by atoms with van der Waals surface area (Å²) in [4.78, 5) is 24.3. The van der Waals surface area contributed by atoms with E-state index in [0.717, 1.165) is 0 Å². The molecule has 3 rings (SSSR count). The fourth-order valence-corrected chi connectivity index (χ4v) is 3.00. The van der Waals surface area contributed by atoms with Gasteiger partial charge in [-0.15, -0.1) is 11.6 Å². The number of ether oxygens (including phenoxy) is 1. The van der Waals surface area contributed by atoms with Crippen LogP contribution in [0.25, 0.3) is 21.7 Å². The minimum Gasteiger partial charge on any atom is -0.507 e. The van der Waals surface area contributed by atoms with Gasteiger partial charge < -0.3 is 14.3 Å². The number of phenolic OH excluding ortho intramolecular Hbond substituents is 1. The zero-order chi connectivity index (χ0) is 17.3. The number of esters is 1. The summed E-state index contributed by atoms with van der Waals surface area (Å²) in [6, 6.07) is 8.39. The number of fused-ring (bicyclic) bond motifs is 3. The van der Waals surface area contributed by atoms with Crippen molar-refractivity contribution in [1.29, 1.82) is 0 Å². The van der Waals surface area contributed by atoms with Gasteiger partial charge in [-0.2, -0.15) is 0 Å². The van der Waals surface area contributed by atoms with Crippen molar-refractivity contribution in [3.8, 4) is 5.75 Å². The molecule has 5 nitrogen and oxygen atoms in total. The number of para-hydroxylation sites is 1. The molecule has 24 heavy (non-hydrogen) atoms. The molecule has 0 fully saturated rings. The van der Waals surface area contributed by atoms with Gasteiger partial charge in [0.25, 0.3) is 0 Å². The van der Waals surface area contributed by atoms with Crippen LogP contribution < -0.4 is 5.63 Å².